The van der Waals surface area contributed by atoms with Gasteiger partial charge in [-0.2, -0.15) is 0 Å². The molecular formula is C15H12F2O2. The largest absolute Gasteiger partial charge is 0.493 e. The fourth-order valence-corrected chi connectivity index (χ4v) is 1.59. The second kappa shape index (κ2) is 5.52. The highest BCUT2D eigenvalue weighted by molar-refractivity contribution is 5.56. The first kappa shape index (κ1) is 13.1. The van der Waals surface area contributed by atoms with Crippen molar-refractivity contribution in [3.8, 4) is 17.2 Å². The number of ether oxygens (including phenoxy) is 2. The Bertz CT molecular complexity index is 592. The molecule has 0 fully saturated rings. The fraction of sp³-hybridized carbons (Fsp3) is 0.0667. The Morgan fingerprint density at radius 2 is 1.74 bits per heavy atom. The highest BCUT2D eigenvalue weighted by Gasteiger charge is 2.15. The van der Waals surface area contributed by atoms with Gasteiger partial charge in [0.25, 0.3) is 0 Å². The minimum Gasteiger partial charge on any atom is -0.493 e. The first-order valence-corrected chi connectivity index (χ1v) is 5.58. The number of hydrogen-bond acceptors (Lipinski definition) is 2. The van der Waals surface area contributed by atoms with Crippen LogP contribution in [0.2, 0.25) is 0 Å². The highest BCUT2D eigenvalue weighted by Crippen LogP contribution is 2.36. The van der Waals surface area contributed by atoms with E-state index in [4.69, 9.17) is 9.47 Å². The maximum absolute atomic E-state index is 14.1. The molecule has 19 heavy (non-hydrogen) atoms. The molecule has 0 aliphatic carbocycles. The van der Waals surface area contributed by atoms with Crippen LogP contribution in [0.15, 0.2) is 43.0 Å². The SMILES string of the molecule is C=Cc1ccc(OC)c(Oc2ccc(F)cc2)c1F. The molecule has 0 saturated carbocycles. The van der Waals surface area contributed by atoms with E-state index in [0.29, 0.717) is 11.3 Å². The van der Waals surface area contributed by atoms with Gasteiger partial charge in [-0.1, -0.05) is 12.7 Å². The van der Waals surface area contributed by atoms with Gasteiger partial charge in [0, 0.05) is 5.56 Å². The van der Waals surface area contributed by atoms with Crippen LogP contribution in [-0.4, -0.2) is 7.11 Å². The molecule has 2 nitrogen and oxygen atoms in total. The quantitative estimate of drug-likeness (QED) is 0.812. The Morgan fingerprint density at radius 1 is 1.05 bits per heavy atom. The van der Waals surface area contributed by atoms with Gasteiger partial charge in [-0.3, -0.25) is 0 Å². The molecule has 0 heterocycles. The van der Waals surface area contributed by atoms with Crippen LogP contribution in [0.4, 0.5) is 8.78 Å². The number of methoxy groups -OCH3 is 1. The Morgan fingerprint density at radius 3 is 2.32 bits per heavy atom. The summed E-state index contributed by atoms with van der Waals surface area (Å²) in [6.45, 7) is 3.52. The smallest absolute Gasteiger partial charge is 0.205 e. The molecular weight excluding hydrogens is 250 g/mol. The molecule has 2 rings (SSSR count). The molecule has 0 atom stereocenters. The van der Waals surface area contributed by atoms with Gasteiger partial charge in [-0.25, -0.2) is 8.78 Å². The highest BCUT2D eigenvalue weighted by atomic mass is 19.1. The van der Waals surface area contributed by atoms with E-state index in [1.807, 2.05) is 0 Å². The molecule has 98 valence electrons. The van der Waals surface area contributed by atoms with Crippen molar-refractivity contribution in [2.45, 2.75) is 0 Å². The van der Waals surface area contributed by atoms with Crippen LogP contribution >= 0.6 is 0 Å². The predicted octanol–water partition coefficient (Wildman–Crippen LogP) is 4.41. The van der Waals surface area contributed by atoms with Crippen molar-refractivity contribution >= 4 is 6.08 Å². The lowest BCUT2D eigenvalue weighted by Crippen LogP contribution is -1.95. The standard InChI is InChI=1S/C15H12F2O2/c1-3-10-4-9-13(18-2)15(14(10)17)19-12-7-5-11(16)6-8-12/h3-9H,1H2,2H3. The normalized spacial score (nSPS) is 10.1. The lowest BCUT2D eigenvalue weighted by Gasteiger charge is -2.12. The molecule has 2 aromatic carbocycles. The van der Waals surface area contributed by atoms with Crippen LogP contribution < -0.4 is 9.47 Å². The van der Waals surface area contributed by atoms with Gasteiger partial charge < -0.3 is 9.47 Å². The third-order valence-electron chi connectivity index (χ3n) is 2.56. The summed E-state index contributed by atoms with van der Waals surface area (Å²) in [7, 11) is 1.42. The summed E-state index contributed by atoms with van der Waals surface area (Å²) in [4.78, 5) is 0. The summed E-state index contributed by atoms with van der Waals surface area (Å²) >= 11 is 0. The Balaban J connectivity index is 2.42. The van der Waals surface area contributed by atoms with Crippen molar-refractivity contribution in [2.24, 2.45) is 0 Å². The van der Waals surface area contributed by atoms with Gasteiger partial charge in [0.05, 0.1) is 7.11 Å². The molecule has 2 aromatic rings. The Hall–Kier alpha value is -2.36. The van der Waals surface area contributed by atoms with E-state index in [0.717, 1.165) is 0 Å². The van der Waals surface area contributed by atoms with Crippen LogP contribution in [0.3, 0.4) is 0 Å². The topological polar surface area (TPSA) is 18.5 Å². The zero-order valence-electron chi connectivity index (χ0n) is 10.3. The molecule has 0 aliphatic rings. The van der Waals surface area contributed by atoms with E-state index >= 15 is 0 Å². The monoisotopic (exact) mass is 262 g/mol. The molecule has 0 saturated heterocycles. The van der Waals surface area contributed by atoms with E-state index in [1.54, 1.807) is 12.1 Å². The van der Waals surface area contributed by atoms with E-state index in [9.17, 15) is 8.78 Å². The number of halogens is 2. The summed E-state index contributed by atoms with van der Waals surface area (Å²) in [5.41, 5.74) is 0.304. The van der Waals surface area contributed by atoms with E-state index in [1.165, 1.54) is 37.5 Å². The fourth-order valence-electron chi connectivity index (χ4n) is 1.59. The Kier molecular flexibility index (Phi) is 3.80. The van der Waals surface area contributed by atoms with Crippen molar-refractivity contribution in [2.75, 3.05) is 7.11 Å². The first-order valence-electron chi connectivity index (χ1n) is 5.58. The molecule has 0 unspecified atom stereocenters. The molecule has 0 N–H and O–H groups in total. The van der Waals surface area contributed by atoms with Crippen LogP contribution in [0.1, 0.15) is 5.56 Å². The third kappa shape index (κ3) is 2.73. The maximum atomic E-state index is 14.1. The van der Waals surface area contributed by atoms with Crippen LogP contribution in [0.5, 0.6) is 17.2 Å². The zero-order valence-corrected chi connectivity index (χ0v) is 10.3. The second-order valence-electron chi connectivity index (χ2n) is 3.76. The van der Waals surface area contributed by atoms with Crippen molar-refractivity contribution in [3.63, 3.8) is 0 Å². The molecule has 0 amide bonds. The molecule has 4 heteroatoms. The number of benzene rings is 2. The van der Waals surface area contributed by atoms with Crippen molar-refractivity contribution in [1.29, 1.82) is 0 Å². The lowest BCUT2D eigenvalue weighted by atomic mass is 10.2. The minimum atomic E-state index is -0.571. The van der Waals surface area contributed by atoms with E-state index < -0.39 is 5.82 Å². The first-order chi connectivity index (χ1) is 9.15. The average molecular weight is 262 g/mol. The summed E-state index contributed by atoms with van der Waals surface area (Å²) in [5, 5.41) is 0. The van der Waals surface area contributed by atoms with Crippen LogP contribution in [-0.2, 0) is 0 Å². The van der Waals surface area contributed by atoms with Gasteiger partial charge in [0.1, 0.15) is 11.6 Å². The van der Waals surface area contributed by atoms with Crippen molar-refractivity contribution in [1.82, 2.24) is 0 Å². The average Bonchev–Trinajstić information content (AvgIpc) is 2.43. The number of hydrogen-bond donors (Lipinski definition) is 0. The van der Waals surface area contributed by atoms with Gasteiger partial charge in [-0.15, -0.1) is 0 Å². The molecule has 0 spiro atoms. The Labute approximate surface area is 109 Å². The third-order valence-corrected chi connectivity index (χ3v) is 2.56. The molecule has 0 radical (unpaired) electrons. The molecule has 0 aliphatic heterocycles. The van der Waals surface area contributed by atoms with Gasteiger partial charge in [0.2, 0.25) is 5.75 Å². The second-order valence-corrected chi connectivity index (χ2v) is 3.76. The van der Waals surface area contributed by atoms with Gasteiger partial charge in [0.15, 0.2) is 11.6 Å². The minimum absolute atomic E-state index is 0.0495. The van der Waals surface area contributed by atoms with Crippen molar-refractivity contribution < 1.29 is 18.3 Å². The summed E-state index contributed by atoms with van der Waals surface area (Å²) in [6, 6.07) is 8.41. The van der Waals surface area contributed by atoms with Crippen LogP contribution in [0, 0.1) is 11.6 Å². The van der Waals surface area contributed by atoms with Gasteiger partial charge >= 0.3 is 0 Å². The van der Waals surface area contributed by atoms with E-state index in [-0.39, 0.29) is 17.3 Å². The molecule has 0 aromatic heterocycles. The maximum Gasteiger partial charge on any atom is 0.205 e. The van der Waals surface area contributed by atoms with E-state index in [2.05, 4.69) is 6.58 Å². The number of rotatable bonds is 4. The summed E-state index contributed by atoms with van der Waals surface area (Å²) < 4.78 is 37.4. The lowest BCUT2D eigenvalue weighted by molar-refractivity contribution is 0.363. The summed E-state index contributed by atoms with van der Waals surface area (Å²) in [5.74, 6) is -0.433. The molecule has 0 bridgehead atoms. The van der Waals surface area contributed by atoms with Crippen molar-refractivity contribution in [3.05, 3.63) is 60.2 Å². The van der Waals surface area contributed by atoms with Crippen LogP contribution in [0.25, 0.3) is 6.08 Å². The predicted molar refractivity (Wildman–Crippen MR) is 69.5 cm³/mol. The zero-order chi connectivity index (χ0) is 13.8. The summed E-state index contributed by atoms with van der Waals surface area (Å²) in [6.07, 6.45) is 1.38. The van der Waals surface area contributed by atoms with Gasteiger partial charge in [-0.05, 0) is 36.4 Å².